The molecule has 19 heavy (non-hydrogen) atoms. The van der Waals surface area contributed by atoms with Crippen molar-refractivity contribution in [2.45, 2.75) is 38.0 Å². The van der Waals surface area contributed by atoms with Gasteiger partial charge in [-0.25, -0.2) is 9.97 Å². The minimum absolute atomic E-state index is 0.105. The quantitative estimate of drug-likeness (QED) is 0.759. The lowest BCUT2D eigenvalue weighted by atomic mass is 9.75. The van der Waals surface area contributed by atoms with Crippen LogP contribution in [0, 0.1) is 0 Å². The maximum Gasteiger partial charge on any atom is 0.138 e. The number of hydrogen-bond donors (Lipinski definition) is 0. The number of rotatable bonds is 5. The van der Waals surface area contributed by atoms with E-state index in [1.807, 2.05) is 18.5 Å². The summed E-state index contributed by atoms with van der Waals surface area (Å²) in [6, 6.07) is 10.5. The maximum atomic E-state index is 5.80. The summed E-state index contributed by atoms with van der Waals surface area (Å²) in [6.45, 7) is 4.38. The molecule has 0 bridgehead atoms. The molecule has 1 aromatic carbocycles. The summed E-state index contributed by atoms with van der Waals surface area (Å²) in [7, 11) is 0. The first-order chi connectivity index (χ1) is 9.26. The van der Waals surface area contributed by atoms with Gasteiger partial charge in [0, 0.05) is 18.0 Å². The highest BCUT2D eigenvalue weighted by molar-refractivity contribution is 6.17. The molecule has 0 atom stereocenters. The molecule has 0 saturated carbocycles. The second kappa shape index (κ2) is 6.16. The molecular formula is C16H19ClN2. The highest BCUT2D eigenvalue weighted by Crippen LogP contribution is 2.36. The van der Waals surface area contributed by atoms with E-state index in [1.54, 1.807) is 0 Å². The van der Waals surface area contributed by atoms with Gasteiger partial charge < -0.3 is 0 Å². The van der Waals surface area contributed by atoms with Crippen LogP contribution < -0.4 is 0 Å². The lowest BCUT2D eigenvalue weighted by molar-refractivity contribution is 0.448. The Hall–Kier alpha value is -1.41. The van der Waals surface area contributed by atoms with Crippen LogP contribution in [0.4, 0.5) is 0 Å². The highest BCUT2D eigenvalue weighted by Gasteiger charge is 2.33. The van der Waals surface area contributed by atoms with E-state index >= 15 is 0 Å². The Kier molecular flexibility index (Phi) is 4.54. The number of halogens is 1. The summed E-state index contributed by atoms with van der Waals surface area (Å²) in [5.74, 6) is 1.34. The topological polar surface area (TPSA) is 25.8 Å². The Balaban J connectivity index is 2.49. The summed E-state index contributed by atoms with van der Waals surface area (Å²) in [5, 5.41) is 0. The Bertz CT molecular complexity index is 504. The van der Waals surface area contributed by atoms with Crippen LogP contribution in [0.3, 0.4) is 0 Å². The Morgan fingerprint density at radius 2 is 1.58 bits per heavy atom. The molecule has 3 heteroatoms. The van der Waals surface area contributed by atoms with Crippen LogP contribution >= 0.6 is 11.6 Å². The molecule has 100 valence electrons. The van der Waals surface area contributed by atoms with Gasteiger partial charge in [-0.2, -0.15) is 0 Å². The number of aromatic nitrogens is 2. The van der Waals surface area contributed by atoms with Gasteiger partial charge in [0.05, 0.1) is 11.3 Å². The van der Waals surface area contributed by atoms with Gasteiger partial charge in [0.25, 0.3) is 0 Å². The summed E-state index contributed by atoms with van der Waals surface area (Å²) >= 11 is 5.80. The molecule has 0 radical (unpaired) electrons. The number of alkyl halides is 1. The van der Waals surface area contributed by atoms with Crippen LogP contribution in [0.15, 0.2) is 42.7 Å². The first-order valence-electron chi connectivity index (χ1n) is 6.69. The van der Waals surface area contributed by atoms with E-state index in [-0.39, 0.29) is 5.41 Å². The first-order valence-corrected chi connectivity index (χ1v) is 7.23. The monoisotopic (exact) mass is 274 g/mol. The summed E-state index contributed by atoms with van der Waals surface area (Å²) in [4.78, 5) is 9.09. The van der Waals surface area contributed by atoms with Gasteiger partial charge in [-0.15, -0.1) is 11.6 Å². The summed E-state index contributed by atoms with van der Waals surface area (Å²) < 4.78 is 0. The van der Waals surface area contributed by atoms with Gasteiger partial charge in [-0.3, -0.25) is 0 Å². The van der Waals surface area contributed by atoms with Gasteiger partial charge in [-0.1, -0.05) is 44.2 Å². The van der Waals surface area contributed by atoms with Crippen LogP contribution in [0.1, 0.15) is 43.6 Å². The van der Waals surface area contributed by atoms with E-state index in [0.717, 1.165) is 24.2 Å². The normalized spacial score (nSPS) is 11.5. The third-order valence-electron chi connectivity index (χ3n) is 3.82. The average molecular weight is 275 g/mol. The van der Waals surface area contributed by atoms with Crippen molar-refractivity contribution in [1.82, 2.24) is 9.97 Å². The van der Waals surface area contributed by atoms with E-state index < -0.39 is 0 Å². The molecule has 0 amide bonds. The molecule has 0 fully saturated rings. The minimum atomic E-state index is -0.105. The Morgan fingerprint density at radius 3 is 2.05 bits per heavy atom. The van der Waals surface area contributed by atoms with Crippen molar-refractivity contribution in [1.29, 1.82) is 0 Å². The van der Waals surface area contributed by atoms with Crippen molar-refractivity contribution >= 4 is 11.6 Å². The molecule has 1 heterocycles. The van der Waals surface area contributed by atoms with E-state index in [2.05, 4.69) is 48.1 Å². The van der Waals surface area contributed by atoms with Gasteiger partial charge in [0.2, 0.25) is 0 Å². The van der Waals surface area contributed by atoms with E-state index in [9.17, 15) is 0 Å². The lowest BCUT2D eigenvalue weighted by Gasteiger charge is -2.30. The zero-order valence-corrected chi connectivity index (χ0v) is 12.2. The molecule has 0 N–H and O–H groups in total. The molecule has 0 saturated heterocycles. The van der Waals surface area contributed by atoms with Crippen molar-refractivity contribution in [2.75, 3.05) is 0 Å². The summed E-state index contributed by atoms with van der Waals surface area (Å²) in [6.07, 6.45) is 5.62. The Morgan fingerprint density at radius 1 is 1.00 bits per heavy atom. The van der Waals surface area contributed by atoms with E-state index in [0.29, 0.717) is 5.88 Å². The smallest absolute Gasteiger partial charge is 0.138 e. The zero-order valence-electron chi connectivity index (χ0n) is 11.4. The zero-order chi connectivity index (χ0) is 13.7. The fraction of sp³-hybridized carbons (Fsp3) is 0.375. The third kappa shape index (κ3) is 2.64. The SMILES string of the molecule is CCC(CC)(c1ccccc1)c1ncc(CCl)cn1. The molecule has 2 rings (SSSR count). The Labute approximate surface area is 119 Å². The van der Waals surface area contributed by atoms with Gasteiger partial charge in [-0.05, 0) is 18.4 Å². The van der Waals surface area contributed by atoms with Crippen molar-refractivity contribution < 1.29 is 0 Å². The van der Waals surface area contributed by atoms with Crippen LogP contribution in [0.5, 0.6) is 0 Å². The molecule has 0 unspecified atom stereocenters. The number of nitrogens with zero attached hydrogens (tertiary/aromatic N) is 2. The number of benzene rings is 1. The molecule has 0 spiro atoms. The fourth-order valence-corrected chi connectivity index (χ4v) is 2.67. The van der Waals surface area contributed by atoms with E-state index in [1.165, 1.54) is 5.56 Å². The van der Waals surface area contributed by atoms with Gasteiger partial charge in [0.1, 0.15) is 5.82 Å². The second-order valence-electron chi connectivity index (χ2n) is 4.70. The predicted molar refractivity (Wildman–Crippen MR) is 79.4 cm³/mol. The maximum absolute atomic E-state index is 5.80. The average Bonchev–Trinajstić information content (AvgIpc) is 2.51. The van der Waals surface area contributed by atoms with Crippen molar-refractivity contribution in [3.63, 3.8) is 0 Å². The molecule has 0 aliphatic carbocycles. The van der Waals surface area contributed by atoms with Crippen LogP contribution in [0.2, 0.25) is 0 Å². The van der Waals surface area contributed by atoms with E-state index in [4.69, 9.17) is 11.6 Å². The van der Waals surface area contributed by atoms with Crippen LogP contribution in [-0.2, 0) is 11.3 Å². The summed E-state index contributed by atoms with van der Waals surface area (Å²) in [5.41, 5.74) is 2.13. The third-order valence-corrected chi connectivity index (χ3v) is 4.13. The van der Waals surface area contributed by atoms with Crippen molar-refractivity contribution in [2.24, 2.45) is 0 Å². The largest absolute Gasteiger partial charge is 0.240 e. The fourth-order valence-electron chi connectivity index (χ4n) is 2.53. The minimum Gasteiger partial charge on any atom is -0.240 e. The molecule has 0 aliphatic heterocycles. The first kappa shape index (κ1) is 14.0. The van der Waals surface area contributed by atoms with Gasteiger partial charge >= 0.3 is 0 Å². The predicted octanol–water partition coefficient (Wildman–Crippen LogP) is 4.32. The van der Waals surface area contributed by atoms with Gasteiger partial charge in [0.15, 0.2) is 0 Å². The molecule has 0 aliphatic rings. The molecule has 1 aromatic heterocycles. The second-order valence-corrected chi connectivity index (χ2v) is 4.97. The van der Waals surface area contributed by atoms with Crippen molar-refractivity contribution in [3.8, 4) is 0 Å². The lowest BCUT2D eigenvalue weighted by Crippen LogP contribution is -2.28. The molecule has 2 aromatic rings. The van der Waals surface area contributed by atoms with Crippen LogP contribution in [0.25, 0.3) is 0 Å². The number of hydrogen-bond acceptors (Lipinski definition) is 2. The molecular weight excluding hydrogens is 256 g/mol. The highest BCUT2D eigenvalue weighted by atomic mass is 35.5. The molecule has 2 nitrogen and oxygen atoms in total. The van der Waals surface area contributed by atoms with Crippen LogP contribution in [-0.4, -0.2) is 9.97 Å². The van der Waals surface area contributed by atoms with Crippen molar-refractivity contribution in [3.05, 3.63) is 59.7 Å². The standard InChI is InChI=1S/C16H19ClN2/c1-3-16(4-2,14-8-6-5-7-9-14)15-18-11-13(10-17)12-19-15/h5-9,11-12H,3-4,10H2,1-2H3.